The van der Waals surface area contributed by atoms with Gasteiger partial charge in [0.1, 0.15) is 5.17 Å². The summed E-state index contributed by atoms with van der Waals surface area (Å²) in [5.74, 6) is 0. The monoisotopic (exact) mass is 145 g/mol. The van der Waals surface area contributed by atoms with Gasteiger partial charge in [0.15, 0.2) is 0 Å². The molecule has 1 rings (SSSR count). The fourth-order valence-electron chi connectivity index (χ4n) is 0.589. The molecule has 0 aliphatic carbocycles. The zero-order chi connectivity index (χ0) is 6.91. The molecule has 1 aliphatic heterocycles. The number of nitrogens with zero attached hydrogens (tertiary/aromatic N) is 1. The lowest BCUT2D eigenvalue weighted by atomic mass is 10.1. The maximum absolute atomic E-state index is 9.24. The molecule has 3 heteroatoms. The predicted molar refractivity (Wildman–Crippen MR) is 37.9 cm³/mol. The molecule has 1 aliphatic rings. The summed E-state index contributed by atoms with van der Waals surface area (Å²) >= 11 is 5.50. The number of dihydropyridines is 1. The summed E-state index contributed by atoms with van der Waals surface area (Å²) < 4.78 is 0. The van der Waals surface area contributed by atoms with Gasteiger partial charge < -0.3 is 5.11 Å². The van der Waals surface area contributed by atoms with Crippen LogP contribution in [0.15, 0.2) is 17.1 Å². The van der Waals surface area contributed by atoms with Gasteiger partial charge >= 0.3 is 0 Å². The van der Waals surface area contributed by atoms with Gasteiger partial charge in [-0.15, -0.1) is 0 Å². The second-order valence-electron chi connectivity index (χ2n) is 2.33. The van der Waals surface area contributed by atoms with Gasteiger partial charge in [-0.3, -0.25) is 4.99 Å². The second-order valence-corrected chi connectivity index (χ2v) is 2.72. The fourth-order valence-corrected chi connectivity index (χ4v) is 0.712. The van der Waals surface area contributed by atoms with E-state index < -0.39 is 5.60 Å². The summed E-state index contributed by atoms with van der Waals surface area (Å²) in [7, 11) is 0. The van der Waals surface area contributed by atoms with E-state index in [4.69, 9.17) is 11.6 Å². The van der Waals surface area contributed by atoms with Crippen LogP contribution in [-0.2, 0) is 0 Å². The van der Waals surface area contributed by atoms with Crippen LogP contribution in [0.4, 0.5) is 0 Å². The Bertz CT molecular complexity index is 172. The first-order chi connectivity index (χ1) is 4.10. The van der Waals surface area contributed by atoms with Crippen molar-refractivity contribution in [1.82, 2.24) is 0 Å². The minimum atomic E-state index is -0.793. The van der Waals surface area contributed by atoms with E-state index in [9.17, 15) is 5.11 Å². The zero-order valence-electron chi connectivity index (χ0n) is 5.13. The molecule has 9 heavy (non-hydrogen) atoms. The van der Waals surface area contributed by atoms with E-state index in [1.807, 2.05) is 0 Å². The van der Waals surface area contributed by atoms with Crippen molar-refractivity contribution >= 4 is 16.8 Å². The van der Waals surface area contributed by atoms with Gasteiger partial charge in [-0.05, 0) is 19.1 Å². The molecule has 0 radical (unpaired) electrons. The second kappa shape index (κ2) is 2.12. The normalized spacial score (nSPS) is 34.3. The molecular weight excluding hydrogens is 138 g/mol. The van der Waals surface area contributed by atoms with Crippen molar-refractivity contribution < 1.29 is 5.11 Å². The van der Waals surface area contributed by atoms with E-state index in [2.05, 4.69) is 4.99 Å². The van der Waals surface area contributed by atoms with E-state index in [1.165, 1.54) is 0 Å². The van der Waals surface area contributed by atoms with Gasteiger partial charge in [0, 0.05) is 0 Å². The van der Waals surface area contributed by atoms with Crippen LogP contribution < -0.4 is 0 Å². The molecule has 0 amide bonds. The lowest BCUT2D eigenvalue weighted by Crippen LogP contribution is -2.27. The van der Waals surface area contributed by atoms with Gasteiger partial charge in [0.05, 0.1) is 12.1 Å². The van der Waals surface area contributed by atoms with Gasteiger partial charge in [0.25, 0.3) is 0 Å². The van der Waals surface area contributed by atoms with E-state index in [0.717, 1.165) is 0 Å². The third-order valence-electron chi connectivity index (χ3n) is 1.13. The van der Waals surface area contributed by atoms with E-state index >= 15 is 0 Å². The van der Waals surface area contributed by atoms with Crippen LogP contribution >= 0.6 is 11.6 Å². The molecule has 1 unspecified atom stereocenters. The standard InChI is InChI=1S/C6H8ClNO/c1-6(9)3-2-5(7)8-4-6/h2-3,9H,4H2,1H3. The number of allylic oxidation sites excluding steroid dienone is 1. The molecule has 0 aromatic heterocycles. The van der Waals surface area contributed by atoms with Gasteiger partial charge in [-0.25, -0.2) is 0 Å². The predicted octanol–water partition coefficient (Wildman–Crippen LogP) is 0.944. The molecule has 0 fully saturated rings. The average Bonchev–Trinajstić information content (AvgIpc) is 1.78. The molecule has 0 bridgehead atoms. The van der Waals surface area contributed by atoms with Crippen molar-refractivity contribution in [1.29, 1.82) is 0 Å². The maximum Gasteiger partial charge on any atom is 0.123 e. The number of rotatable bonds is 0. The Hall–Kier alpha value is -0.340. The molecule has 0 spiro atoms. The molecule has 0 saturated carbocycles. The van der Waals surface area contributed by atoms with E-state index in [0.29, 0.717) is 11.7 Å². The number of hydrogen-bond donors (Lipinski definition) is 1. The smallest absolute Gasteiger partial charge is 0.123 e. The first kappa shape index (κ1) is 6.78. The Morgan fingerprint density at radius 3 is 2.89 bits per heavy atom. The highest BCUT2D eigenvalue weighted by Crippen LogP contribution is 2.11. The third kappa shape index (κ3) is 1.80. The lowest BCUT2D eigenvalue weighted by Gasteiger charge is -2.18. The number of hydrogen-bond acceptors (Lipinski definition) is 2. The Morgan fingerprint density at radius 1 is 1.89 bits per heavy atom. The molecule has 1 atom stereocenters. The Morgan fingerprint density at radius 2 is 2.56 bits per heavy atom. The average molecular weight is 146 g/mol. The van der Waals surface area contributed by atoms with Crippen LogP contribution in [0.25, 0.3) is 0 Å². The van der Waals surface area contributed by atoms with Gasteiger partial charge in [0.2, 0.25) is 0 Å². The molecule has 50 valence electrons. The Labute approximate surface area is 58.9 Å². The van der Waals surface area contributed by atoms with Gasteiger partial charge in [-0.2, -0.15) is 0 Å². The fraction of sp³-hybridized carbons (Fsp3) is 0.500. The van der Waals surface area contributed by atoms with Crippen LogP contribution in [-0.4, -0.2) is 22.4 Å². The molecule has 0 saturated heterocycles. The molecular formula is C6H8ClNO. The first-order valence-corrected chi connectivity index (χ1v) is 3.09. The summed E-state index contributed by atoms with van der Waals surface area (Å²) in [5, 5.41) is 9.70. The highest BCUT2D eigenvalue weighted by Gasteiger charge is 2.18. The van der Waals surface area contributed by atoms with Crippen molar-refractivity contribution in [3.63, 3.8) is 0 Å². The topological polar surface area (TPSA) is 32.6 Å². The minimum absolute atomic E-state index is 0.363. The van der Waals surface area contributed by atoms with Crippen LogP contribution in [0.3, 0.4) is 0 Å². The molecule has 1 N–H and O–H groups in total. The van der Waals surface area contributed by atoms with Gasteiger partial charge in [-0.1, -0.05) is 11.6 Å². The minimum Gasteiger partial charge on any atom is -0.384 e. The largest absolute Gasteiger partial charge is 0.384 e. The number of aliphatic hydroxyl groups is 1. The van der Waals surface area contributed by atoms with Crippen molar-refractivity contribution in [2.45, 2.75) is 12.5 Å². The summed E-state index contributed by atoms with van der Waals surface area (Å²) in [6.07, 6.45) is 3.24. The maximum atomic E-state index is 9.24. The summed E-state index contributed by atoms with van der Waals surface area (Å²) in [5.41, 5.74) is -0.793. The number of aliphatic imine (C=N–C) groups is 1. The van der Waals surface area contributed by atoms with Crippen molar-refractivity contribution in [2.75, 3.05) is 6.54 Å². The third-order valence-corrected chi connectivity index (χ3v) is 1.38. The lowest BCUT2D eigenvalue weighted by molar-refractivity contribution is 0.120. The summed E-state index contributed by atoms with van der Waals surface area (Å²) in [4.78, 5) is 3.83. The zero-order valence-corrected chi connectivity index (χ0v) is 5.89. The first-order valence-electron chi connectivity index (χ1n) is 2.72. The van der Waals surface area contributed by atoms with Crippen molar-refractivity contribution in [3.05, 3.63) is 12.2 Å². The molecule has 0 aromatic carbocycles. The Balaban J connectivity index is 2.70. The summed E-state index contributed by atoms with van der Waals surface area (Å²) in [6, 6.07) is 0. The van der Waals surface area contributed by atoms with Crippen LogP contribution in [0.5, 0.6) is 0 Å². The molecule has 1 heterocycles. The molecule has 2 nitrogen and oxygen atoms in total. The highest BCUT2D eigenvalue weighted by atomic mass is 35.5. The highest BCUT2D eigenvalue weighted by molar-refractivity contribution is 6.68. The Kier molecular flexibility index (Phi) is 1.60. The van der Waals surface area contributed by atoms with Crippen molar-refractivity contribution in [3.8, 4) is 0 Å². The quantitative estimate of drug-likeness (QED) is 0.541. The van der Waals surface area contributed by atoms with Crippen LogP contribution in [0, 0.1) is 0 Å². The van der Waals surface area contributed by atoms with Crippen LogP contribution in [0.2, 0.25) is 0 Å². The van der Waals surface area contributed by atoms with E-state index in [1.54, 1.807) is 19.1 Å². The van der Waals surface area contributed by atoms with E-state index in [-0.39, 0.29) is 0 Å². The summed E-state index contributed by atoms with van der Waals surface area (Å²) in [6.45, 7) is 2.05. The number of halogens is 1. The van der Waals surface area contributed by atoms with Crippen molar-refractivity contribution in [2.24, 2.45) is 4.99 Å². The molecule has 0 aromatic rings. The van der Waals surface area contributed by atoms with Crippen LogP contribution in [0.1, 0.15) is 6.92 Å². The SMILES string of the molecule is CC1(O)C=CC(Cl)=NC1.